The molecule has 0 bridgehead atoms. The first-order valence-electron chi connectivity index (χ1n) is 6.59. The topological polar surface area (TPSA) is 20.3 Å². The van der Waals surface area contributed by atoms with Crippen LogP contribution in [0.25, 0.3) is 11.1 Å². The third-order valence-electron chi connectivity index (χ3n) is 3.74. The first kappa shape index (κ1) is 12.0. The van der Waals surface area contributed by atoms with E-state index in [-0.39, 0.29) is 5.78 Å². The highest BCUT2D eigenvalue weighted by atomic mass is 16.1. The molecule has 0 N–H and O–H groups in total. The standard InChI is InChI=1S/C17H17NO/c1-18(2)15-7-3-12(4-8-15)13-5-9-16-14(11-13)6-10-17(16)19/h3-5,7-9,11H,6,10H2,1-2H3. The Morgan fingerprint density at radius 2 is 1.58 bits per heavy atom. The van der Waals surface area contributed by atoms with Crippen LogP contribution in [0.5, 0.6) is 0 Å². The van der Waals surface area contributed by atoms with Gasteiger partial charge in [0, 0.05) is 31.8 Å². The van der Waals surface area contributed by atoms with Crippen LogP contribution in [0.4, 0.5) is 5.69 Å². The van der Waals surface area contributed by atoms with Crippen molar-refractivity contribution in [3.63, 3.8) is 0 Å². The van der Waals surface area contributed by atoms with Gasteiger partial charge in [0.05, 0.1) is 0 Å². The predicted molar refractivity (Wildman–Crippen MR) is 78.9 cm³/mol. The molecule has 19 heavy (non-hydrogen) atoms. The van der Waals surface area contributed by atoms with Gasteiger partial charge < -0.3 is 4.90 Å². The van der Waals surface area contributed by atoms with Gasteiger partial charge in [-0.1, -0.05) is 30.3 Å². The van der Waals surface area contributed by atoms with Gasteiger partial charge in [-0.2, -0.15) is 0 Å². The number of Topliss-reactive ketones (excluding diaryl/α,β-unsaturated/α-hetero) is 1. The van der Waals surface area contributed by atoms with E-state index >= 15 is 0 Å². The van der Waals surface area contributed by atoms with Crippen molar-refractivity contribution in [2.24, 2.45) is 0 Å². The molecule has 0 amide bonds. The van der Waals surface area contributed by atoms with Crippen LogP contribution in [0.1, 0.15) is 22.3 Å². The van der Waals surface area contributed by atoms with E-state index in [1.807, 2.05) is 26.2 Å². The summed E-state index contributed by atoms with van der Waals surface area (Å²) in [6.07, 6.45) is 1.55. The zero-order valence-electron chi connectivity index (χ0n) is 11.3. The largest absolute Gasteiger partial charge is 0.378 e. The predicted octanol–water partition coefficient (Wildman–Crippen LogP) is 3.55. The third kappa shape index (κ3) is 2.14. The molecule has 0 spiro atoms. The van der Waals surface area contributed by atoms with Gasteiger partial charge in [0.25, 0.3) is 0 Å². The van der Waals surface area contributed by atoms with Gasteiger partial charge in [-0.15, -0.1) is 0 Å². The average molecular weight is 251 g/mol. The highest BCUT2D eigenvalue weighted by Gasteiger charge is 2.19. The van der Waals surface area contributed by atoms with Crippen molar-refractivity contribution in [2.75, 3.05) is 19.0 Å². The first-order chi connectivity index (χ1) is 9.15. The molecular formula is C17H17NO. The van der Waals surface area contributed by atoms with Gasteiger partial charge in [0.2, 0.25) is 0 Å². The van der Waals surface area contributed by atoms with Crippen LogP contribution < -0.4 is 4.90 Å². The summed E-state index contributed by atoms with van der Waals surface area (Å²) in [6, 6.07) is 14.7. The number of nitrogens with zero attached hydrogens (tertiary/aromatic N) is 1. The molecule has 0 saturated heterocycles. The van der Waals surface area contributed by atoms with E-state index in [4.69, 9.17) is 0 Å². The second-order valence-electron chi connectivity index (χ2n) is 5.24. The number of rotatable bonds is 2. The number of aryl methyl sites for hydroxylation is 1. The molecule has 0 aliphatic heterocycles. The molecule has 0 fully saturated rings. The van der Waals surface area contributed by atoms with Crippen molar-refractivity contribution in [3.05, 3.63) is 53.6 Å². The Morgan fingerprint density at radius 3 is 2.26 bits per heavy atom. The Kier molecular flexibility index (Phi) is 2.86. The lowest BCUT2D eigenvalue weighted by atomic mass is 10.0. The van der Waals surface area contributed by atoms with Gasteiger partial charge in [-0.25, -0.2) is 0 Å². The molecular weight excluding hydrogens is 234 g/mol. The number of ketones is 1. The average Bonchev–Trinajstić information content (AvgIpc) is 2.80. The third-order valence-corrected chi connectivity index (χ3v) is 3.74. The Morgan fingerprint density at radius 1 is 0.895 bits per heavy atom. The van der Waals surface area contributed by atoms with E-state index in [1.54, 1.807) is 0 Å². The molecule has 1 aliphatic rings. The summed E-state index contributed by atoms with van der Waals surface area (Å²) < 4.78 is 0. The van der Waals surface area contributed by atoms with E-state index in [1.165, 1.54) is 22.4 Å². The lowest BCUT2D eigenvalue weighted by Crippen LogP contribution is -2.07. The highest BCUT2D eigenvalue weighted by Crippen LogP contribution is 2.29. The molecule has 96 valence electrons. The van der Waals surface area contributed by atoms with Gasteiger partial charge in [0.1, 0.15) is 0 Å². The summed E-state index contributed by atoms with van der Waals surface area (Å²) in [6.45, 7) is 0. The van der Waals surface area contributed by atoms with Gasteiger partial charge >= 0.3 is 0 Å². The Balaban J connectivity index is 1.96. The number of benzene rings is 2. The zero-order chi connectivity index (χ0) is 13.4. The summed E-state index contributed by atoms with van der Waals surface area (Å²) in [5, 5.41) is 0. The molecule has 2 aromatic rings. The van der Waals surface area contributed by atoms with Gasteiger partial charge in [-0.3, -0.25) is 4.79 Å². The monoisotopic (exact) mass is 251 g/mol. The second kappa shape index (κ2) is 4.54. The van der Waals surface area contributed by atoms with E-state index in [0.29, 0.717) is 6.42 Å². The van der Waals surface area contributed by atoms with Crippen molar-refractivity contribution in [2.45, 2.75) is 12.8 Å². The summed E-state index contributed by atoms with van der Waals surface area (Å²) in [5.74, 6) is 0.282. The van der Waals surface area contributed by atoms with Gasteiger partial charge in [-0.05, 0) is 35.2 Å². The number of carbonyl (C=O) groups excluding carboxylic acids is 1. The fraction of sp³-hybridized carbons (Fsp3) is 0.235. The molecule has 1 aliphatic carbocycles. The van der Waals surface area contributed by atoms with Crippen molar-refractivity contribution < 1.29 is 4.79 Å². The summed E-state index contributed by atoms with van der Waals surface area (Å²) in [7, 11) is 4.08. The summed E-state index contributed by atoms with van der Waals surface area (Å²) in [5.41, 5.74) is 5.69. The maximum atomic E-state index is 11.6. The van der Waals surface area contributed by atoms with E-state index in [9.17, 15) is 4.79 Å². The number of anilines is 1. The van der Waals surface area contributed by atoms with Crippen LogP contribution in [-0.2, 0) is 6.42 Å². The van der Waals surface area contributed by atoms with E-state index < -0.39 is 0 Å². The fourth-order valence-electron chi connectivity index (χ4n) is 2.59. The van der Waals surface area contributed by atoms with Crippen LogP contribution in [0.3, 0.4) is 0 Å². The summed E-state index contributed by atoms with van der Waals surface area (Å²) >= 11 is 0. The Labute approximate surface area is 113 Å². The van der Waals surface area contributed by atoms with Crippen molar-refractivity contribution in [1.82, 2.24) is 0 Å². The first-order valence-corrected chi connectivity index (χ1v) is 6.59. The van der Waals surface area contributed by atoms with Crippen LogP contribution >= 0.6 is 0 Å². The van der Waals surface area contributed by atoms with Crippen LogP contribution in [0.2, 0.25) is 0 Å². The van der Waals surface area contributed by atoms with E-state index in [2.05, 4.69) is 35.2 Å². The maximum Gasteiger partial charge on any atom is 0.163 e. The highest BCUT2D eigenvalue weighted by molar-refractivity contribution is 6.00. The molecule has 0 atom stereocenters. The maximum absolute atomic E-state index is 11.6. The number of hydrogen-bond donors (Lipinski definition) is 0. The number of carbonyl (C=O) groups is 1. The lowest BCUT2D eigenvalue weighted by Gasteiger charge is -2.13. The zero-order valence-corrected chi connectivity index (χ0v) is 11.3. The molecule has 2 nitrogen and oxygen atoms in total. The molecule has 2 heteroatoms. The number of hydrogen-bond acceptors (Lipinski definition) is 2. The molecule has 0 radical (unpaired) electrons. The van der Waals surface area contributed by atoms with Crippen molar-refractivity contribution in [3.8, 4) is 11.1 Å². The smallest absolute Gasteiger partial charge is 0.163 e. The SMILES string of the molecule is CN(C)c1ccc(-c2ccc3c(c2)CCC3=O)cc1. The minimum absolute atomic E-state index is 0.282. The molecule has 2 aromatic carbocycles. The van der Waals surface area contributed by atoms with Crippen LogP contribution in [0.15, 0.2) is 42.5 Å². The normalized spacial score (nSPS) is 13.5. The molecule has 3 rings (SSSR count). The van der Waals surface area contributed by atoms with Crippen LogP contribution in [-0.4, -0.2) is 19.9 Å². The van der Waals surface area contributed by atoms with Crippen molar-refractivity contribution in [1.29, 1.82) is 0 Å². The van der Waals surface area contributed by atoms with E-state index in [0.717, 1.165) is 12.0 Å². The molecule has 0 saturated carbocycles. The molecule has 0 aromatic heterocycles. The quantitative estimate of drug-likeness (QED) is 0.813. The Hall–Kier alpha value is -2.09. The Bertz CT molecular complexity index is 626. The number of fused-ring (bicyclic) bond motifs is 1. The fourth-order valence-corrected chi connectivity index (χ4v) is 2.59. The van der Waals surface area contributed by atoms with Gasteiger partial charge in [0.15, 0.2) is 5.78 Å². The minimum atomic E-state index is 0.282. The lowest BCUT2D eigenvalue weighted by molar-refractivity contribution is 0.0994. The summed E-state index contributed by atoms with van der Waals surface area (Å²) in [4.78, 5) is 13.7. The van der Waals surface area contributed by atoms with Crippen molar-refractivity contribution >= 4 is 11.5 Å². The second-order valence-corrected chi connectivity index (χ2v) is 5.24. The van der Waals surface area contributed by atoms with Crippen LogP contribution in [0, 0.1) is 0 Å². The minimum Gasteiger partial charge on any atom is -0.378 e. The molecule has 0 heterocycles. The molecule has 0 unspecified atom stereocenters.